The SMILES string of the molecule is COc1cc(C(=O)c2cccs2)cc(OC)c1-c1cccc(C)c1. The summed E-state index contributed by atoms with van der Waals surface area (Å²) < 4.78 is 11.1. The van der Waals surface area contributed by atoms with E-state index in [1.807, 2.05) is 42.6 Å². The molecule has 2 aromatic carbocycles. The first-order valence-corrected chi connectivity index (χ1v) is 8.43. The van der Waals surface area contributed by atoms with E-state index in [9.17, 15) is 4.79 Å². The molecule has 3 rings (SSSR count). The van der Waals surface area contributed by atoms with Gasteiger partial charge in [0.2, 0.25) is 5.78 Å². The van der Waals surface area contributed by atoms with Crippen LogP contribution in [0.2, 0.25) is 0 Å². The Kier molecular flexibility index (Phi) is 4.67. The van der Waals surface area contributed by atoms with Crippen LogP contribution in [0.3, 0.4) is 0 Å². The van der Waals surface area contributed by atoms with Gasteiger partial charge in [0.25, 0.3) is 0 Å². The van der Waals surface area contributed by atoms with Crippen LogP contribution in [-0.4, -0.2) is 20.0 Å². The second kappa shape index (κ2) is 6.89. The van der Waals surface area contributed by atoms with Crippen molar-refractivity contribution < 1.29 is 14.3 Å². The summed E-state index contributed by atoms with van der Waals surface area (Å²) >= 11 is 1.42. The topological polar surface area (TPSA) is 35.5 Å². The maximum absolute atomic E-state index is 12.6. The third kappa shape index (κ3) is 3.05. The first kappa shape index (κ1) is 16.3. The van der Waals surface area contributed by atoms with Gasteiger partial charge in [-0.1, -0.05) is 35.9 Å². The Hall–Kier alpha value is -2.59. The number of thiophene rings is 1. The van der Waals surface area contributed by atoms with Crippen LogP contribution in [0.1, 0.15) is 20.8 Å². The standard InChI is InChI=1S/C20H18O3S/c1-13-6-4-7-14(10-13)19-16(22-2)11-15(12-17(19)23-3)20(21)18-8-5-9-24-18/h4-12H,1-3H3. The van der Waals surface area contributed by atoms with Gasteiger partial charge >= 0.3 is 0 Å². The van der Waals surface area contributed by atoms with Gasteiger partial charge in [0.15, 0.2) is 0 Å². The summed E-state index contributed by atoms with van der Waals surface area (Å²) in [5.74, 6) is 1.22. The molecule has 0 bridgehead atoms. The zero-order chi connectivity index (χ0) is 17.1. The van der Waals surface area contributed by atoms with Gasteiger partial charge in [0.1, 0.15) is 11.5 Å². The van der Waals surface area contributed by atoms with Crippen LogP contribution < -0.4 is 9.47 Å². The normalized spacial score (nSPS) is 10.5. The van der Waals surface area contributed by atoms with E-state index < -0.39 is 0 Å². The highest BCUT2D eigenvalue weighted by atomic mass is 32.1. The van der Waals surface area contributed by atoms with Crippen LogP contribution in [0.4, 0.5) is 0 Å². The molecular weight excluding hydrogens is 320 g/mol. The average molecular weight is 338 g/mol. The smallest absolute Gasteiger partial charge is 0.203 e. The van der Waals surface area contributed by atoms with Gasteiger partial charge in [0, 0.05) is 5.56 Å². The lowest BCUT2D eigenvalue weighted by Gasteiger charge is -2.15. The summed E-state index contributed by atoms with van der Waals surface area (Å²) in [5, 5.41) is 1.89. The van der Waals surface area contributed by atoms with Gasteiger partial charge in [-0.25, -0.2) is 0 Å². The van der Waals surface area contributed by atoms with Crippen LogP contribution in [0.15, 0.2) is 53.9 Å². The number of hydrogen-bond acceptors (Lipinski definition) is 4. The number of carbonyl (C=O) groups excluding carboxylic acids is 1. The van der Waals surface area contributed by atoms with Crippen molar-refractivity contribution in [2.24, 2.45) is 0 Å². The molecule has 0 fully saturated rings. The first-order chi connectivity index (χ1) is 11.6. The molecule has 24 heavy (non-hydrogen) atoms. The van der Waals surface area contributed by atoms with Crippen molar-refractivity contribution in [3.63, 3.8) is 0 Å². The zero-order valence-corrected chi connectivity index (χ0v) is 14.6. The monoisotopic (exact) mass is 338 g/mol. The molecule has 0 amide bonds. The molecular formula is C20H18O3S. The van der Waals surface area contributed by atoms with Crippen molar-refractivity contribution in [1.29, 1.82) is 0 Å². The summed E-state index contributed by atoms with van der Waals surface area (Å²) in [5.41, 5.74) is 3.56. The van der Waals surface area contributed by atoms with Gasteiger partial charge in [-0.2, -0.15) is 0 Å². The van der Waals surface area contributed by atoms with E-state index >= 15 is 0 Å². The Morgan fingerprint density at radius 2 is 1.67 bits per heavy atom. The van der Waals surface area contributed by atoms with E-state index in [0.717, 1.165) is 16.7 Å². The highest BCUT2D eigenvalue weighted by Crippen LogP contribution is 2.40. The van der Waals surface area contributed by atoms with E-state index in [1.165, 1.54) is 11.3 Å². The fraction of sp³-hybridized carbons (Fsp3) is 0.150. The Labute approximate surface area is 145 Å². The van der Waals surface area contributed by atoms with Gasteiger partial charge in [0.05, 0.1) is 24.7 Å². The quantitative estimate of drug-likeness (QED) is 0.616. The molecule has 0 saturated carbocycles. The van der Waals surface area contributed by atoms with E-state index in [-0.39, 0.29) is 5.78 Å². The molecule has 0 aliphatic carbocycles. The predicted octanol–water partition coefficient (Wildman–Crippen LogP) is 4.97. The van der Waals surface area contributed by atoms with Crippen molar-refractivity contribution in [3.8, 4) is 22.6 Å². The summed E-state index contributed by atoms with van der Waals surface area (Å²) in [4.78, 5) is 13.3. The highest BCUT2D eigenvalue weighted by Gasteiger charge is 2.19. The van der Waals surface area contributed by atoms with Crippen LogP contribution in [0.5, 0.6) is 11.5 Å². The largest absolute Gasteiger partial charge is 0.496 e. The Morgan fingerprint density at radius 1 is 0.958 bits per heavy atom. The Balaban J connectivity index is 2.16. The maximum Gasteiger partial charge on any atom is 0.203 e. The van der Waals surface area contributed by atoms with Gasteiger partial charge < -0.3 is 9.47 Å². The molecule has 4 heteroatoms. The molecule has 122 valence electrons. The van der Waals surface area contributed by atoms with E-state index in [4.69, 9.17) is 9.47 Å². The van der Waals surface area contributed by atoms with E-state index in [1.54, 1.807) is 26.4 Å². The number of ether oxygens (including phenoxy) is 2. The van der Waals surface area contributed by atoms with Crippen LogP contribution in [0, 0.1) is 6.92 Å². The maximum atomic E-state index is 12.6. The van der Waals surface area contributed by atoms with E-state index in [2.05, 4.69) is 6.07 Å². The molecule has 0 atom stereocenters. The number of ketones is 1. The van der Waals surface area contributed by atoms with Crippen molar-refractivity contribution >= 4 is 17.1 Å². The zero-order valence-electron chi connectivity index (χ0n) is 13.8. The molecule has 0 aliphatic rings. The fourth-order valence-corrected chi connectivity index (χ4v) is 3.36. The molecule has 0 radical (unpaired) electrons. The minimum atomic E-state index is -0.0302. The minimum absolute atomic E-state index is 0.0302. The van der Waals surface area contributed by atoms with Crippen LogP contribution >= 0.6 is 11.3 Å². The second-order valence-corrected chi connectivity index (χ2v) is 6.38. The number of hydrogen-bond donors (Lipinski definition) is 0. The number of aryl methyl sites for hydroxylation is 1. The summed E-state index contributed by atoms with van der Waals surface area (Å²) in [7, 11) is 3.21. The van der Waals surface area contributed by atoms with Gasteiger partial charge in [-0.3, -0.25) is 4.79 Å². The number of methoxy groups -OCH3 is 2. The lowest BCUT2D eigenvalue weighted by molar-refractivity contribution is 0.104. The Morgan fingerprint density at radius 3 is 2.21 bits per heavy atom. The highest BCUT2D eigenvalue weighted by molar-refractivity contribution is 7.12. The average Bonchev–Trinajstić information content (AvgIpc) is 3.14. The molecule has 0 aliphatic heterocycles. The molecule has 1 heterocycles. The van der Waals surface area contributed by atoms with Crippen LogP contribution in [0.25, 0.3) is 11.1 Å². The van der Waals surface area contributed by atoms with E-state index in [0.29, 0.717) is 21.9 Å². The predicted molar refractivity (Wildman–Crippen MR) is 97.5 cm³/mol. The third-order valence-corrected chi connectivity index (χ3v) is 4.69. The van der Waals surface area contributed by atoms with Crippen LogP contribution in [-0.2, 0) is 0 Å². The second-order valence-electron chi connectivity index (χ2n) is 5.43. The van der Waals surface area contributed by atoms with Crippen molar-refractivity contribution in [1.82, 2.24) is 0 Å². The molecule has 3 nitrogen and oxygen atoms in total. The molecule has 0 saturated heterocycles. The van der Waals surface area contributed by atoms with Crippen molar-refractivity contribution in [2.75, 3.05) is 14.2 Å². The molecule has 3 aromatic rings. The molecule has 1 aromatic heterocycles. The lowest BCUT2D eigenvalue weighted by atomic mass is 9.98. The first-order valence-electron chi connectivity index (χ1n) is 7.55. The van der Waals surface area contributed by atoms with Gasteiger partial charge in [-0.05, 0) is 36.1 Å². The fourth-order valence-electron chi connectivity index (χ4n) is 2.68. The molecule has 0 N–H and O–H groups in total. The van der Waals surface area contributed by atoms with Crippen molar-refractivity contribution in [2.45, 2.75) is 6.92 Å². The molecule has 0 spiro atoms. The van der Waals surface area contributed by atoms with Crippen molar-refractivity contribution in [3.05, 3.63) is 69.9 Å². The lowest BCUT2D eigenvalue weighted by Crippen LogP contribution is -2.02. The van der Waals surface area contributed by atoms with Gasteiger partial charge in [-0.15, -0.1) is 11.3 Å². The summed E-state index contributed by atoms with van der Waals surface area (Å²) in [6.45, 7) is 2.04. The minimum Gasteiger partial charge on any atom is -0.496 e. The summed E-state index contributed by atoms with van der Waals surface area (Å²) in [6, 6.07) is 15.4. The summed E-state index contributed by atoms with van der Waals surface area (Å²) in [6.07, 6.45) is 0. The molecule has 0 unspecified atom stereocenters. The Bertz CT molecular complexity index is 841. The number of carbonyl (C=O) groups is 1. The third-order valence-electron chi connectivity index (χ3n) is 3.82. The number of benzene rings is 2. The number of rotatable bonds is 5.